The molecule has 3 atom stereocenters. The molecular formula is C17H33NO3. The molecule has 0 amide bonds. The molecule has 0 aromatic heterocycles. The van der Waals surface area contributed by atoms with Crippen LogP contribution in [0.5, 0.6) is 0 Å². The highest BCUT2D eigenvalue weighted by molar-refractivity contribution is 5.80. The zero-order valence-electron chi connectivity index (χ0n) is 14.4. The van der Waals surface area contributed by atoms with Crippen LogP contribution in [0.25, 0.3) is 0 Å². The fourth-order valence-corrected chi connectivity index (χ4v) is 3.39. The highest BCUT2D eigenvalue weighted by Gasteiger charge is 2.31. The first-order valence-corrected chi connectivity index (χ1v) is 8.30. The summed E-state index contributed by atoms with van der Waals surface area (Å²) in [6.45, 7) is 7.33. The van der Waals surface area contributed by atoms with Gasteiger partial charge in [0, 0.05) is 6.61 Å². The van der Waals surface area contributed by atoms with E-state index < -0.39 is 5.54 Å². The first-order chi connectivity index (χ1) is 9.91. The van der Waals surface area contributed by atoms with E-state index in [1.165, 1.54) is 26.4 Å². The molecule has 1 fully saturated rings. The van der Waals surface area contributed by atoms with Gasteiger partial charge in [-0.15, -0.1) is 0 Å². The second-order valence-electron chi connectivity index (χ2n) is 6.94. The Hall–Kier alpha value is -0.610. The minimum absolute atomic E-state index is 0.194. The molecule has 1 aliphatic rings. The van der Waals surface area contributed by atoms with E-state index in [9.17, 15) is 4.79 Å². The Morgan fingerprint density at radius 2 is 1.81 bits per heavy atom. The second kappa shape index (κ2) is 8.74. The molecule has 3 unspecified atom stereocenters. The standard InChI is InChI=1S/C17H33NO3/c1-13-10-14(2)12-15(11-13)21-9-7-6-8-17(3,18-4)16(19)20-5/h13-15,18H,6-12H2,1-5H3. The molecule has 0 aliphatic heterocycles. The van der Waals surface area contributed by atoms with Gasteiger partial charge in [0.1, 0.15) is 5.54 Å². The summed E-state index contributed by atoms with van der Waals surface area (Å²) in [4.78, 5) is 11.7. The highest BCUT2D eigenvalue weighted by Crippen LogP contribution is 2.30. The predicted octanol–water partition coefficient (Wildman–Crippen LogP) is 3.15. The summed E-state index contributed by atoms with van der Waals surface area (Å²) >= 11 is 0. The van der Waals surface area contributed by atoms with Gasteiger partial charge < -0.3 is 14.8 Å². The maximum Gasteiger partial charge on any atom is 0.325 e. The molecule has 21 heavy (non-hydrogen) atoms. The zero-order chi connectivity index (χ0) is 15.9. The van der Waals surface area contributed by atoms with E-state index in [0.717, 1.165) is 37.7 Å². The Morgan fingerprint density at radius 1 is 1.19 bits per heavy atom. The van der Waals surface area contributed by atoms with Crippen LogP contribution in [0.3, 0.4) is 0 Å². The fraction of sp³-hybridized carbons (Fsp3) is 0.941. The van der Waals surface area contributed by atoms with Gasteiger partial charge in [0.05, 0.1) is 13.2 Å². The lowest BCUT2D eigenvalue weighted by atomic mass is 9.82. The summed E-state index contributed by atoms with van der Waals surface area (Å²) in [5, 5.41) is 3.07. The molecule has 0 heterocycles. The van der Waals surface area contributed by atoms with Crippen LogP contribution < -0.4 is 5.32 Å². The number of ether oxygens (including phenoxy) is 2. The van der Waals surface area contributed by atoms with Crippen molar-refractivity contribution >= 4 is 5.97 Å². The summed E-state index contributed by atoms with van der Waals surface area (Å²) < 4.78 is 10.9. The number of hydrogen-bond donors (Lipinski definition) is 1. The van der Waals surface area contributed by atoms with Crippen molar-refractivity contribution in [1.29, 1.82) is 0 Å². The molecular weight excluding hydrogens is 266 g/mol. The number of esters is 1. The van der Waals surface area contributed by atoms with E-state index in [2.05, 4.69) is 19.2 Å². The molecule has 1 aliphatic carbocycles. The number of unbranched alkanes of at least 4 members (excludes halogenated alkanes) is 1. The molecule has 4 nitrogen and oxygen atoms in total. The van der Waals surface area contributed by atoms with Crippen LogP contribution in [0.15, 0.2) is 0 Å². The molecule has 1 N–H and O–H groups in total. The van der Waals surface area contributed by atoms with Gasteiger partial charge in [0.15, 0.2) is 0 Å². The Bertz CT molecular complexity index is 311. The van der Waals surface area contributed by atoms with Crippen molar-refractivity contribution in [3.63, 3.8) is 0 Å². The maximum absolute atomic E-state index is 11.7. The maximum atomic E-state index is 11.7. The molecule has 4 heteroatoms. The molecule has 124 valence electrons. The first-order valence-electron chi connectivity index (χ1n) is 8.30. The van der Waals surface area contributed by atoms with E-state index in [0.29, 0.717) is 6.10 Å². The quantitative estimate of drug-likeness (QED) is 0.552. The SMILES string of the molecule is CNC(C)(CCCCOC1CC(C)CC(C)C1)C(=O)OC. The third-order valence-corrected chi connectivity index (χ3v) is 4.75. The highest BCUT2D eigenvalue weighted by atomic mass is 16.5. The van der Waals surface area contributed by atoms with Crippen LogP contribution in [-0.4, -0.2) is 38.4 Å². The summed E-state index contributed by atoms with van der Waals surface area (Å²) in [7, 11) is 3.24. The number of methoxy groups -OCH3 is 1. The van der Waals surface area contributed by atoms with Crippen LogP contribution in [0.1, 0.15) is 59.3 Å². The third-order valence-electron chi connectivity index (χ3n) is 4.75. The number of nitrogens with one attached hydrogen (secondary N) is 1. The zero-order valence-corrected chi connectivity index (χ0v) is 14.4. The molecule has 1 rings (SSSR count). The Morgan fingerprint density at radius 3 is 2.33 bits per heavy atom. The minimum Gasteiger partial charge on any atom is -0.468 e. The summed E-state index contributed by atoms with van der Waals surface area (Å²) in [5.74, 6) is 1.37. The van der Waals surface area contributed by atoms with E-state index in [1.807, 2.05) is 6.92 Å². The van der Waals surface area contributed by atoms with Crippen molar-refractivity contribution in [2.24, 2.45) is 11.8 Å². The third kappa shape index (κ3) is 5.95. The van der Waals surface area contributed by atoms with Gasteiger partial charge in [-0.05, 0) is 64.3 Å². The van der Waals surface area contributed by atoms with Crippen molar-refractivity contribution < 1.29 is 14.3 Å². The van der Waals surface area contributed by atoms with Gasteiger partial charge in [-0.1, -0.05) is 13.8 Å². The summed E-state index contributed by atoms with van der Waals surface area (Å²) in [6.07, 6.45) is 6.88. The number of rotatable bonds is 8. The Balaban J connectivity index is 2.20. The topological polar surface area (TPSA) is 47.6 Å². The molecule has 0 bridgehead atoms. The van der Waals surface area contributed by atoms with E-state index >= 15 is 0 Å². The lowest BCUT2D eigenvalue weighted by Crippen LogP contribution is -2.48. The van der Waals surface area contributed by atoms with Crippen LogP contribution in [0.2, 0.25) is 0 Å². The van der Waals surface area contributed by atoms with Gasteiger partial charge in [-0.25, -0.2) is 0 Å². The number of carbonyl (C=O) groups is 1. The lowest BCUT2D eigenvalue weighted by molar-refractivity contribution is -0.148. The number of likely N-dealkylation sites (N-methyl/N-ethyl adjacent to an activating group) is 1. The largest absolute Gasteiger partial charge is 0.468 e. The molecule has 0 aromatic rings. The van der Waals surface area contributed by atoms with Gasteiger partial charge in [-0.2, -0.15) is 0 Å². The van der Waals surface area contributed by atoms with Gasteiger partial charge in [0.2, 0.25) is 0 Å². The van der Waals surface area contributed by atoms with Gasteiger partial charge >= 0.3 is 5.97 Å². The Labute approximate surface area is 130 Å². The molecule has 0 radical (unpaired) electrons. The smallest absolute Gasteiger partial charge is 0.325 e. The van der Waals surface area contributed by atoms with Gasteiger partial charge in [-0.3, -0.25) is 4.79 Å². The molecule has 1 saturated carbocycles. The average Bonchev–Trinajstić information content (AvgIpc) is 2.44. The van der Waals surface area contributed by atoms with Crippen molar-refractivity contribution in [1.82, 2.24) is 5.32 Å². The van der Waals surface area contributed by atoms with Crippen LogP contribution in [-0.2, 0) is 14.3 Å². The first kappa shape index (κ1) is 18.4. The normalized spacial score (nSPS) is 28.9. The number of carbonyl (C=O) groups excluding carboxylic acids is 1. The van der Waals surface area contributed by atoms with Crippen molar-refractivity contribution in [3.05, 3.63) is 0 Å². The lowest BCUT2D eigenvalue weighted by Gasteiger charge is -2.31. The summed E-state index contributed by atoms with van der Waals surface area (Å²) in [5.41, 5.74) is -0.581. The second-order valence-corrected chi connectivity index (χ2v) is 6.94. The monoisotopic (exact) mass is 299 g/mol. The van der Waals surface area contributed by atoms with Crippen molar-refractivity contribution in [3.8, 4) is 0 Å². The molecule has 0 saturated heterocycles. The Kier molecular flexibility index (Phi) is 7.67. The average molecular weight is 299 g/mol. The van der Waals surface area contributed by atoms with E-state index in [-0.39, 0.29) is 5.97 Å². The minimum atomic E-state index is -0.581. The predicted molar refractivity (Wildman–Crippen MR) is 85.3 cm³/mol. The van der Waals surface area contributed by atoms with Crippen molar-refractivity contribution in [2.45, 2.75) is 70.9 Å². The van der Waals surface area contributed by atoms with Crippen LogP contribution in [0, 0.1) is 11.8 Å². The van der Waals surface area contributed by atoms with Crippen LogP contribution >= 0.6 is 0 Å². The van der Waals surface area contributed by atoms with Crippen LogP contribution in [0.4, 0.5) is 0 Å². The molecule has 0 spiro atoms. The van der Waals surface area contributed by atoms with E-state index in [4.69, 9.17) is 9.47 Å². The van der Waals surface area contributed by atoms with Gasteiger partial charge in [0.25, 0.3) is 0 Å². The van der Waals surface area contributed by atoms with E-state index in [1.54, 1.807) is 7.05 Å². The summed E-state index contributed by atoms with van der Waals surface area (Å²) in [6, 6.07) is 0. The fourth-order valence-electron chi connectivity index (χ4n) is 3.39. The molecule has 0 aromatic carbocycles. The van der Waals surface area contributed by atoms with Crippen molar-refractivity contribution in [2.75, 3.05) is 20.8 Å². The number of hydrogen-bond acceptors (Lipinski definition) is 4.